The molecule has 1 amide bonds. The van der Waals surface area contributed by atoms with Gasteiger partial charge in [0.2, 0.25) is 5.88 Å². The van der Waals surface area contributed by atoms with Crippen molar-refractivity contribution in [2.45, 2.75) is 38.8 Å². The van der Waals surface area contributed by atoms with Crippen LogP contribution in [0.25, 0.3) is 0 Å². The molecule has 92 valence electrons. The quantitative estimate of drug-likeness (QED) is 0.801. The lowest BCUT2D eigenvalue weighted by atomic mass is 10.2. The summed E-state index contributed by atoms with van der Waals surface area (Å²) in [5.41, 5.74) is 0.631. The molecule has 0 unspecified atom stereocenters. The Balaban J connectivity index is 2.16. The maximum Gasteiger partial charge on any atom is 0.255 e. The number of amides is 1. The molecule has 0 bridgehead atoms. The second-order valence-electron chi connectivity index (χ2n) is 4.63. The predicted molar refractivity (Wildman–Crippen MR) is 65.1 cm³/mol. The van der Waals surface area contributed by atoms with Crippen LogP contribution in [0.15, 0.2) is 18.3 Å². The third-order valence-corrected chi connectivity index (χ3v) is 2.92. The molecule has 0 aliphatic heterocycles. The molecule has 0 radical (unpaired) electrons. The van der Waals surface area contributed by atoms with Gasteiger partial charge in [-0.1, -0.05) is 0 Å². The monoisotopic (exact) mass is 234 g/mol. The molecule has 4 nitrogen and oxygen atoms in total. The summed E-state index contributed by atoms with van der Waals surface area (Å²) in [6, 6.07) is 4.14. The van der Waals surface area contributed by atoms with Crippen LogP contribution in [0.1, 0.15) is 37.0 Å². The van der Waals surface area contributed by atoms with Gasteiger partial charge in [0.1, 0.15) is 0 Å². The smallest absolute Gasteiger partial charge is 0.255 e. The number of rotatable bonds is 4. The summed E-state index contributed by atoms with van der Waals surface area (Å²) in [5, 5.41) is 0. The van der Waals surface area contributed by atoms with Crippen LogP contribution in [-0.4, -0.2) is 35.0 Å². The van der Waals surface area contributed by atoms with Crippen LogP contribution in [0.4, 0.5) is 0 Å². The highest BCUT2D eigenvalue weighted by molar-refractivity contribution is 5.94. The average Bonchev–Trinajstić information content (AvgIpc) is 3.13. The molecule has 0 spiro atoms. The number of carbonyl (C=O) groups excluding carboxylic acids is 1. The molecule has 1 aliphatic rings. The molecule has 0 aromatic carbocycles. The van der Waals surface area contributed by atoms with E-state index in [1.807, 2.05) is 18.7 Å². The van der Waals surface area contributed by atoms with Crippen molar-refractivity contribution >= 4 is 5.91 Å². The fraction of sp³-hybridized carbons (Fsp3) is 0.538. The summed E-state index contributed by atoms with van der Waals surface area (Å²) >= 11 is 0. The number of pyridine rings is 1. The van der Waals surface area contributed by atoms with Crippen LogP contribution in [-0.2, 0) is 0 Å². The average molecular weight is 234 g/mol. The Morgan fingerprint density at radius 2 is 2.18 bits per heavy atom. The van der Waals surface area contributed by atoms with Crippen LogP contribution >= 0.6 is 0 Å². The lowest BCUT2D eigenvalue weighted by Gasteiger charge is -2.26. The summed E-state index contributed by atoms with van der Waals surface area (Å²) in [5.74, 6) is 0.599. The molecular formula is C13H18N2O2. The van der Waals surface area contributed by atoms with Gasteiger partial charge in [-0.3, -0.25) is 4.79 Å². The lowest BCUT2D eigenvalue weighted by Crippen LogP contribution is -2.38. The van der Waals surface area contributed by atoms with Crippen LogP contribution < -0.4 is 4.74 Å². The minimum atomic E-state index is 0.0673. The van der Waals surface area contributed by atoms with Gasteiger partial charge >= 0.3 is 0 Å². The molecule has 1 aliphatic carbocycles. The first-order valence-electron chi connectivity index (χ1n) is 5.96. The fourth-order valence-corrected chi connectivity index (χ4v) is 1.95. The summed E-state index contributed by atoms with van der Waals surface area (Å²) in [6.45, 7) is 4.10. The van der Waals surface area contributed by atoms with Crippen LogP contribution in [0.3, 0.4) is 0 Å². The zero-order chi connectivity index (χ0) is 12.4. The Labute approximate surface area is 102 Å². The normalized spacial score (nSPS) is 14.8. The minimum absolute atomic E-state index is 0.0673. The third kappa shape index (κ3) is 2.57. The van der Waals surface area contributed by atoms with E-state index in [0.717, 1.165) is 12.8 Å². The van der Waals surface area contributed by atoms with Crippen LogP contribution in [0, 0.1) is 0 Å². The maximum absolute atomic E-state index is 12.3. The fourth-order valence-electron chi connectivity index (χ4n) is 1.95. The van der Waals surface area contributed by atoms with E-state index < -0.39 is 0 Å². The van der Waals surface area contributed by atoms with Crippen molar-refractivity contribution in [2.75, 3.05) is 7.11 Å². The van der Waals surface area contributed by atoms with E-state index in [9.17, 15) is 4.79 Å². The Morgan fingerprint density at radius 3 is 2.59 bits per heavy atom. The molecule has 0 atom stereocenters. The number of nitrogens with zero attached hydrogens (tertiary/aromatic N) is 2. The summed E-state index contributed by atoms with van der Waals surface area (Å²) in [4.78, 5) is 18.3. The number of methoxy groups -OCH3 is 1. The lowest BCUT2D eigenvalue weighted by molar-refractivity contribution is 0.0690. The van der Waals surface area contributed by atoms with E-state index >= 15 is 0 Å². The second kappa shape index (κ2) is 4.73. The van der Waals surface area contributed by atoms with Gasteiger partial charge in [0, 0.05) is 24.3 Å². The number of carbonyl (C=O) groups is 1. The number of hydrogen-bond donors (Lipinski definition) is 0. The Kier molecular flexibility index (Phi) is 3.31. The predicted octanol–water partition coefficient (Wildman–Crippen LogP) is 2.10. The van der Waals surface area contributed by atoms with Crippen molar-refractivity contribution in [1.29, 1.82) is 0 Å². The molecule has 4 heteroatoms. The second-order valence-corrected chi connectivity index (χ2v) is 4.63. The molecule has 1 aromatic rings. The van der Waals surface area contributed by atoms with E-state index in [1.54, 1.807) is 25.4 Å². The number of aromatic nitrogens is 1. The molecule has 1 aromatic heterocycles. The molecular weight excluding hydrogens is 216 g/mol. The molecule has 2 rings (SSSR count). The van der Waals surface area contributed by atoms with Crippen LogP contribution in [0.5, 0.6) is 5.88 Å². The van der Waals surface area contributed by atoms with Crippen molar-refractivity contribution < 1.29 is 9.53 Å². The van der Waals surface area contributed by atoms with E-state index in [2.05, 4.69) is 4.98 Å². The molecule has 0 N–H and O–H groups in total. The highest BCUT2D eigenvalue weighted by Crippen LogP contribution is 2.30. The Hall–Kier alpha value is -1.58. The van der Waals surface area contributed by atoms with Gasteiger partial charge in [0.15, 0.2) is 0 Å². The van der Waals surface area contributed by atoms with Gasteiger partial charge in [-0.05, 0) is 32.8 Å². The first-order chi connectivity index (χ1) is 8.13. The summed E-state index contributed by atoms with van der Waals surface area (Å²) < 4.78 is 4.98. The maximum atomic E-state index is 12.3. The standard InChI is InChI=1S/C13H18N2O2/c1-9(2)15(11-5-6-11)13(16)10-4-7-12(17-3)14-8-10/h4,7-9,11H,5-6H2,1-3H3. The minimum Gasteiger partial charge on any atom is -0.481 e. The van der Waals surface area contributed by atoms with Crippen molar-refractivity contribution in [3.63, 3.8) is 0 Å². The number of hydrogen-bond acceptors (Lipinski definition) is 3. The first kappa shape index (κ1) is 11.9. The molecule has 17 heavy (non-hydrogen) atoms. The highest BCUT2D eigenvalue weighted by Gasteiger charge is 2.34. The summed E-state index contributed by atoms with van der Waals surface area (Å²) in [7, 11) is 1.56. The van der Waals surface area contributed by atoms with Crippen molar-refractivity contribution in [3.05, 3.63) is 23.9 Å². The molecule has 0 saturated heterocycles. The van der Waals surface area contributed by atoms with E-state index in [-0.39, 0.29) is 11.9 Å². The molecule has 1 heterocycles. The van der Waals surface area contributed by atoms with Crippen LogP contribution in [0.2, 0.25) is 0 Å². The Bertz CT molecular complexity index is 394. The Morgan fingerprint density at radius 1 is 1.47 bits per heavy atom. The van der Waals surface area contributed by atoms with Gasteiger partial charge in [0.25, 0.3) is 5.91 Å². The van der Waals surface area contributed by atoms with Gasteiger partial charge in [-0.15, -0.1) is 0 Å². The topological polar surface area (TPSA) is 42.4 Å². The highest BCUT2D eigenvalue weighted by atomic mass is 16.5. The van der Waals surface area contributed by atoms with Gasteiger partial charge in [-0.2, -0.15) is 0 Å². The van der Waals surface area contributed by atoms with E-state index in [0.29, 0.717) is 17.5 Å². The largest absolute Gasteiger partial charge is 0.481 e. The van der Waals surface area contributed by atoms with Gasteiger partial charge in [-0.25, -0.2) is 4.98 Å². The van der Waals surface area contributed by atoms with E-state index in [1.165, 1.54) is 0 Å². The van der Waals surface area contributed by atoms with Gasteiger partial charge < -0.3 is 9.64 Å². The zero-order valence-corrected chi connectivity index (χ0v) is 10.5. The molecule has 1 fully saturated rings. The van der Waals surface area contributed by atoms with Gasteiger partial charge in [0.05, 0.1) is 12.7 Å². The summed E-state index contributed by atoms with van der Waals surface area (Å²) in [6.07, 6.45) is 3.82. The van der Waals surface area contributed by atoms with E-state index in [4.69, 9.17) is 4.74 Å². The van der Waals surface area contributed by atoms with Crippen molar-refractivity contribution in [1.82, 2.24) is 9.88 Å². The van der Waals surface area contributed by atoms with Crippen molar-refractivity contribution in [2.24, 2.45) is 0 Å². The molecule has 1 saturated carbocycles. The first-order valence-corrected chi connectivity index (χ1v) is 5.96. The van der Waals surface area contributed by atoms with Crippen molar-refractivity contribution in [3.8, 4) is 5.88 Å². The third-order valence-electron chi connectivity index (χ3n) is 2.92. The zero-order valence-electron chi connectivity index (χ0n) is 10.5. The number of ether oxygens (including phenoxy) is 1. The SMILES string of the molecule is COc1ccc(C(=O)N(C(C)C)C2CC2)cn1.